The van der Waals surface area contributed by atoms with E-state index >= 15 is 0 Å². The van der Waals surface area contributed by atoms with Crippen molar-refractivity contribution in [1.82, 2.24) is 4.90 Å². The molecule has 1 amide bonds. The van der Waals surface area contributed by atoms with Crippen molar-refractivity contribution in [1.29, 1.82) is 0 Å². The highest BCUT2D eigenvalue weighted by molar-refractivity contribution is 9.10. The van der Waals surface area contributed by atoms with E-state index in [1.54, 1.807) is 25.4 Å². The molecule has 0 N–H and O–H groups in total. The molecule has 0 saturated carbocycles. The molecule has 0 unspecified atom stereocenters. The molecule has 0 spiro atoms. The van der Waals surface area contributed by atoms with Crippen molar-refractivity contribution >= 4 is 21.8 Å². The summed E-state index contributed by atoms with van der Waals surface area (Å²) in [6, 6.07) is 7.75. The molecule has 0 fully saturated rings. The van der Waals surface area contributed by atoms with Crippen LogP contribution < -0.4 is 0 Å². The van der Waals surface area contributed by atoms with E-state index in [1.165, 1.54) is 23.1 Å². The number of halogens is 2. The minimum atomic E-state index is -0.389. The highest BCUT2D eigenvalue weighted by Gasteiger charge is 2.14. The number of amides is 1. The number of carbonyl (C=O) groups excluding carboxylic acids is 1. The van der Waals surface area contributed by atoms with Crippen molar-refractivity contribution in [3.8, 4) is 0 Å². The van der Waals surface area contributed by atoms with Gasteiger partial charge in [-0.1, -0.05) is 0 Å². The van der Waals surface area contributed by atoms with E-state index in [0.717, 1.165) is 0 Å². The molecular formula is C13H11BrFNO2. The molecular weight excluding hydrogens is 301 g/mol. The van der Waals surface area contributed by atoms with Crippen LogP contribution >= 0.6 is 15.9 Å². The van der Waals surface area contributed by atoms with Crippen LogP contribution in [-0.2, 0) is 6.54 Å². The first kappa shape index (κ1) is 12.8. The van der Waals surface area contributed by atoms with Crippen molar-refractivity contribution < 1.29 is 13.6 Å². The summed E-state index contributed by atoms with van der Waals surface area (Å²) < 4.78 is 18.5. The van der Waals surface area contributed by atoms with Crippen LogP contribution in [0.2, 0.25) is 0 Å². The van der Waals surface area contributed by atoms with Crippen LogP contribution in [-0.4, -0.2) is 17.9 Å². The van der Waals surface area contributed by atoms with Crippen LogP contribution in [0, 0.1) is 5.82 Å². The van der Waals surface area contributed by atoms with Crippen LogP contribution in [0.4, 0.5) is 4.39 Å². The number of furan rings is 1. The third kappa shape index (κ3) is 2.79. The lowest BCUT2D eigenvalue weighted by atomic mass is 10.2. The van der Waals surface area contributed by atoms with E-state index < -0.39 is 0 Å². The maximum atomic E-state index is 13.1. The lowest BCUT2D eigenvalue weighted by molar-refractivity contribution is 0.0775. The van der Waals surface area contributed by atoms with Crippen molar-refractivity contribution in [2.45, 2.75) is 6.54 Å². The Morgan fingerprint density at radius 1 is 1.44 bits per heavy atom. The van der Waals surface area contributed by atoms with Crippen molar-refractivity contribution in [2.24, 2.45) is 0 Å². The second-order valence-electron chi connectivity index (χ2n) is 3.87. The van der Waals surface area contributed by atoms with Gasteiger partial charge in [0, 0.05) is 12.6 Å². The Kier molecular flexibility index (Phi) is 3.81. The van der Waals surface area contributed by atoms with E-state index in [4.69, 9.17) is 4.42 Å². The Morgan fingerprint density at radius 2 is 2.22 bits per heavy atom. The Bertz CT molecular complexity index is 554. The minimum Gasteiger partial charge on any atom is -0.467 e. The summed E-state index contributed by atoms with van der Waals surface area (Å²) in [5, 5.41) is 0. The van der Waals surface area contributed by atoms with Gasteiger partial charge in [0.1, 0.15) is 11.6 Å². The maximum absolute atomic E-state index is 13.1. The van der Waals surface area contributed by atoms with Gasteiger partial charge in [0.2, 0.25) is 0 Å². The summed E-state index contributed by atoms with van der Waals surface area (Å²) in [4.78, 5) is 13.6. The van der Waals surface area contributed by atoms with Crippen molar-refractivity contribution in [3.05, 3.63) is 58.2 Å². The standard InChI is InChI=1S/C13H11BrFNO2/c1-16(8-10-3-2-6-18-10)13(17)9-4-5-12(15)11(14)7-9/h2-7H,8H2,1H3. The van der Waals surface area contributed by atoms with Gasteiger partial charge in [0.15, 0.2) is 0 Å². The molecule has 0 aliphatic carbocycles. The van der Waals surface area contributed by atoms with E-state index in [0.29, 0.717) is 17.9 Å². The van der Waals surface area contributed by atoms with Crippen LogP contribution in [0.5, 0.6) is 0 Å². The molecule has 3 nitrogen and oxygen atoms in total. The first-order chi connectivity index (χ1) is 8.58. The Hall–Kier alpha value is -1.62. The second-order valence-corrected chi connectivity index (χ2v) is 4.72. The molecule has 2 rings (SSSR count). The molecule has 94 valence electrons. The lowest BCUT2D eigenvalue weighted by Gasteiger charge is -2.15. The molecule has 0 atom stereocenters. The van der Waals surface area contributed by atoms with Gasteiger partial charge in [0.05, 0.1) is 17.3 Å². The van der Waals surface area contributed by atoms with E-state index in [9.17, 15) is 9.18 Å². The van der Waals surface area contributed by atoms with Crippen LogP contribution in [0.3, 0.4) is 0 Å². The normalized spacial score (nSPS) is 10.4. The highest BCUT2D eigenvalue weighted by atomic mass is 79.9. The highest BCUT2D eigenvalue weighted by Crippen LogP contribution is 2.18. The molecule has 0 bridgehead atoms. The Morgan fingerprint density at radius 3 is 2.83 bits per heavy atom. The van der Waals surface area contributed by atoms with Crippen LogP contribution in [0.25, 0.3) is 0 Å². The SMILES string of the molecule is CN(Cc1ccco1)C(=O)c1ccc(F)c(Br)c1. The van der Waals surface area contributed by atoms with Gasteiger partial charge >= 0.3 is 0 Å². The quantitative estimate of drug-likeness (QED) is 0.870. The van der Waals surface area contributed by atoms with Gasteiger partial charge in [-0.25, -0.2) is 4.39 Å². The van der Waals surface area contributed by atoms with E-state index in [1.807, 2.05) is 0 Å². The molecule has 1 heterocycles. The third-order valence-corrected chi connectivity index (χ3v) is 3.09. The number of carbonyl (C=O) groups is 1. The Balaban J connectivity index is 2.12. The lowest BCUT2D eigenvalue weighted by Crippen LogP contribution is -2.26. The fourth-order valence-corrected chi connectivity index (χ4v) is 1.94. The molecule has 2 aromatic rings. The molecule has 1 aromatic heterocycles. The summed E-state index contributed by atoms with van der Waals surface area (Å²) in [5.74, 6) is 0.124. The van der Waals surface area contributed by atoms with Crippen LogP contribution in [0.1, 0.15) is 16.1 Å². The second kappa shape index (κ2) is 5.35. The molecule has 0 aliphatic heterocycles. The van der Waals surface area contributed by atoms with E-state index in [2.05, 4.69) is 15.9 Å². The summed E-state index contributed by atoms with van der Waals surface area (Å²) in [6.45, 7) is 0.376. The smallest absolute Gasteiger partial charge is 0.254 e. The van der Waals surface area contributed by atoms with Gasteiger partial charge in [-0.3, -0.25) is 4.79 Å². The zero-order valence-corrected chi connectivity index (χ0v) is 11.3. The third-order valence-electron chi connectivity index (χ3n) is 2.49. The summed E-state index contributed by atoms with van der Waals surface area (Å²) >= 11 is 3.06. The number of benzene rings is 1. The number of hydrogen-bond acceptors (Lipinski definition) is 2. The maximum Gasteiger partial charge on any atom is 0.254 e. The van der Waals surface area contributed by atoms with Gasteiger partial charge in [-0.2, -0.15) is 0 Å². The zero-order valence-electron chi connectivity index (χ0n) is 9.69. The molecule has 18 heavy (non-hydrogen) atoms. The average molecular weight is 312 g/mol. The summed E-state index contributed by atoms with van der Waals surface area (Å²) in [7, 11) is 1.67. The molecule has 0 aliphatic rings. The molecule has 1 aromatic carbocycles. The van der Waals surface area contributed by atoms with Gasteiger partial charge in [-0.15, -0.1) is 0 Å². The number of rotatable bonds is 3. The fourth-order valence-electron chi connectivity index (χ4n) is 1.56. The predicted molar refractivity (Wildman–Crippen MR) is 68.6 cm³/mol. The van der Waals surface area contributed by atoms with Crippen LogP contribution in [0.15, 0.2) is 45.5 Å². The molecule has 0 radical (unpaired) electrons. The van der Waals surface area contributed by atoms with Gasteiger partial charge in [0.25, 0.3) is 5.91 Å². The first-order valence-corrected chi connectivity index (χ1v) is 6.10. The minimum absolute atomic E-state index is 0.188. The number of nitrogens with zero attached hydrogens (tertiary/aromatic N) is 1. The average Bonchev–Trinajstić information content (AvgIpc) is 2.84. The zero-order chi connectivity index (χ0) is 13.1. The van der Waals surface area contributed by atoms with Gasteiger partial charge in [-0.05, 0) is 46.3 Å². The largest absolute Gasteiger partial charge is 0.467 e. The predicted octanol–water partition coefficient (Wildman–Crippen LogP) is 3.45. The van der Waals surface area contributed by atoms with Crippen molar-refractivity contribution in [3.63, 3.8) is 0 Å². The monoisotopic (exact) mass is 311 g/mol. The number of hydrogen-bond donors (Lipinski definition) is 0. The fraction of sp³-hybridized carbons (Fsp3) is 0.154. The van der Waals surface area contributed by atoms with Crippen molar-refractivity contribution in [2.75, 3.05) is 7.05 Å². The van der Waals surface area contributed by atoms with Gasteiger partial charge < -0.3 is 9.32 Å². The topological polar surface area (TPSA) is 33.5 Å². The molecule has 5 heteroatoms. The Labute approximate surface area is 112 Å². The summed E-state index contributed by atoms with van der Waals surface area (Å²) in [6.07, 6.45) is 1.56. The first-order valence-electron chi connectivity index (χ1n) is 5.31. The van der Waals surface area contributed by atoms with E-state index in [-0.39, 0.29) is 16.2 Å². The molecule has 0 saturated heterocycles. The summed E-state index contributed by atoms with van der Waals surface area (Å²) in [5.41, 5.74) is 0.428.